The van der Waals surface area contributed by atoms with E-state index in [0.717, 1.165) is 31.2 Å². The van der Waals surface area contributed by atoms with Gasteiger partial charge in [0.25, 0.3) is 5.91 Å². The number of anilines is 1. The molecule has 0 aliphatic carbocycles. The number of thiophene rings is 1. The zero-order valence-corrected chi connectivity index (χ0v) is 27.1. The summed E-state index contributed by atoms with van der Waals surface area (Å²) in [5.74, 6) is -0.396. The van der Waals surface area contributed by atoms with Crippen molar-refractivity contribution in [3.63, 3.8) is 0 Å². The fraction of sp³-hybridized carbons (Fsp3) is 0.333. The number of carbonyl (C=O) groups excluding carboxylic acids is 3. The van der Waals surface area contributed by atoms with E-state index >= 15 is 0 Å². The second kappa shape index (κ2) is 12.7. The van der Waals surface area contributed by atoms with Gasteiger partial charge < -0.3 is 24.6 Å². The van der Waals surface area contributed by atoms with E-state index in [4.69, 9.17) is 14.5 Å². The Bertz CT molecular complexity index is 1830. The Balaban J connectivity index is 1.23. The lowest BCUT2D eigenvalue weighted by Gasteiger charge is -2.33. The van der Waals surface area contributed by atoms with Crippen LogP contribution in [0.3, 0.4) is 0 Å². The van der Waals surface area contributed by atoms with Gasteiger partial charge >= 0.3 is 12.2 Å². The van der Waals surface area contributed by atoms with E-state index in [0.29, 0.717) is 30.1 Å². The number of ether oxygens (including phenoxy) is 2. The fourth-order valence-electron chi connectivity index (χ4n) is 5.41. The Hall–Kier alpha value is -4.05. The number of aromatic nitrogens is 1. The molecule has 2 aliphatic heterocycles. The molecule has 0 radical (unpaired) electrons. The SMILES string of the molecule is CCOC(=O)N1CCN(S(=O)(=O)c2ccc(C(=O)Nc3sc4c(c3-c3nc5ccccc5s3)CCN(C(=O)OC)C4)cc2)CC1. The molecule has 2 aliphatic rings. The lowest BCUT2D eigenvalue weighted by molar-refractivity contribution is 0.0933. The van der Waals surface area contributed by atoms with Crippen LogP contribution in [-0.4, -0.2) is 92.0 Å². The van der Waals surface area contributed by atoms with E-state index in [9.17, 15) is 22.8 Å². The van der Waals surface area contributed by atoms with Crippen LogP contribution in [0, 0.1) is 0 Å². The van der Waals surface area contributed by atoms with Crippen molar-refractivity contribution in [2.24, 2.45) is 0 Å². The minimum absolute atomic E-state index is 0.0632. The van der Waals surface area contributed by atoms with E-state index in [1.807, 2.05) is 24.3 Å². The molecule has 1 saturated heterocycles. The number of nitrogens with one attached hydrogen (secondary N) is 1. The van der Waals surface area contributed by atoms with Crippen molar-refractivity contribution in [2.75, 3.05) is 51.8 Å². The summed E-state index contributed by atoms with van der Waals surface area (Å²) >= 11 is 2.94. The maximum absolute atomic E-state index is 13.5. The van der Waals surface area contributed by atoms with Gasteiger partial charge in [-0.3, -0.25) is 4.79 Å². The summed E-state index contributed by atoms with van der Waals surface area (Å²) in [4.78, 5) is 46.7. The van der Waals surface area contributed by atoms with Crippen LogP contribution in [0.1, 0.15) is 27.7 Å². The molecule has 4 aromatic rings. The molecule has 45 heavy (non-hydrogen) atoms. The maximum Gasteiger partial charge on any atom is 0.409 e. The predicted molar refractivity (Wildman–Crippen MR) is 171 cm³/mol. The van der Waals surface area contributed by atoms with E-state index in [2.05, 4.69) is 5.32 Å². The Morgan fingerprint density at radius 2 is 1.67 bits per heavy atom. The zero-order valence-electron chi connectivity index (χ0n) is 24.6. The number of rotatable bonds is 6. The normalized spacial score (nSPS) is 15.5. The van der Waals surface area contributed by atoms with E-state index in [1.54, 1.807) is 11.8 Å². The molecule has 4 heterocycles. The first-order chi connectivity index (χ1) is 21.7. The van der Waals surface area contributed by atoms with Crippen molar-refractivity contribution < 1.29 is 32.3 Å². The Morgan fingerprint density at radius 3 is 2.36 bits per heavy atom. The molecule has 0 bridgehead atoms. The molecule has 2 aromatic heterocycles. The second-order valence-corrected chi connectivity index (χ2v) is 14.5. The molecule has 1 fully saturated rings. The summed E-state index contributed by atoms with van der Waals surface area (Å²) in [7, 11) is -2.47. The van der Waals surface area contributed by atoms with Crippen molar-refractivity contribution in [3.05, 3.63) is 64.5 Å². The van der Waals surface area contributed by atoms with E-state index < -0.39 is 28.1 Å². The van der Waals surface area contributed by atoms with Crippen molar-refractivity contribution in [1.82, 2.24) is 19.1 Å². The highest BCUT2D eigenvalue weighted by molar-refractivity contribution is 7.89. The van der Waals surface area contributed by atoms with Crippen LogP contribution < -0.4 is 5.32 Å². The summed E-state index contributed by atoms with van der Waals surface area (Å²) in [6.07, 6.45) is -0.275. The van der Waals surface area contributed by atoms with Crippen LogP contribution in [0.15, 0.2) is 53.4 Å². The maximum atomic E-state index is 13.5. The highest BCUT2D eigenvalue weighted by Gasteiger charge is 2.32. The van der Waals surface area contributed by atoms with Crippen LogP contribution in [0.4, 0.5) is 14.6 Å². The molecule has 0 atom stereocenters. The monoisotopic (exact) mass is 669 g/mol. The number of carbonyl (C=O) groups is 3. The molecule has 3 amide bonds. The molecular weight excluding hydrogens is 639 g/mol. The van der Waals surface area contributed by atoms with Crippen LogP contribution in [0.5, 0.6) is 0 Å². The molecule has 0 spiro atoms. The second-order valence-electron chi connectivity index (χ2n) is 10.4. The number of hydrogen-bond donors (Lipinski definition) is 1. The Morgan fingerprint density at radius 1 is 0.933 bits per heavy atom. The topological polar surface area (TPSA) is 138 Å². The van der Waals surface area contributed by atoms with Crippen LogP contribution in [-0.2, 0) is 32.5 Å². The van der Waals surface area contributed by atoms with Gasteiger partial charge in [0.1, 0.15) is 10.0 Å². The highest BCUT2D eigenvalue weighted by Crippen LogP contribution is 2.46. The van der Waals surface area contributed by atoms with Gasteiger partial charge in [0.15, 0.2) is 0 Å². The number of thiazole rings is 1. The number of hydrogen-bond acceptors (Lipinski definition) is 10. The van der Waals surface area contributed by atoms with E-state index in [-0.39, 0.29) is 37.7 Å². The smallest absolute Gasteiger partial charge is 0.409 e. The first-order valence-electron chi connectivity index (χ1n) is 14.4. The number of nitrogens with zero attached hydrogens (tertiary/aromatic N) is 4. The lowest BCUT2D eigenvalue weighted by Crippen LogP contribution is -2.50. The molecule has 0 unspecified atom stereocenters. The Labute approximate surface area is 268 Å². The molecule has 236 valence electrons. The van der Waals surface area contributed by atoms with Crippen molar-refractivity contribution in [3.8, 4) is 10.6 Å². The number of benzene rings is 2. The average Bonchev–Trinajstić information content (AvgIpc) is 3.64. The van der Waals surface area contributed by atoms with Gasteiger partial charge in [0.05, 0.1) is 35.4 Å². The molecule has 2 aromatic carbocycles. The summed E-state index contributed by atoms with van der Waals surface area (Å²) in [6.45, 7) is 3.58. The summed E-state index contributed by atoms with van der Waals surface area (Å²) in [5.41, 5.74) is 3.04. The van der Waals surface area contributed by atoms with Gasteiger partial charge in [-0.25, -0.2) is 23.0 Å². The van der Waals surface area contributed by atoms with Gasteiger partial charge in [0, 0.05) is 48.7 Å². The predicted octanol–water partition coefficient (Wildman–Crippen LogP) is 4.86. The average molecular weight is 670 g/mol. The molecule has 0 saturated carbocycles. The standard InChI is InChI=1S/C30H31N5O7S3/c1-3-42-30(38)33-14-16-35(17-15-33)45(39,40)20-10-8-19(9-11-20)26(36)32-28-25(27-31-22-6-4-5-7-23(22)43-27)21-12-13-34(29(37)41-2)18-24(21)44-28/h4-11H,3,12-18H2,1-2H3,(H,32,36). The van der Waals surface area contributed by atoms with Gasteiger partial charge in [0.2, 0.25) is 10.0 Å². The fourth-order valence-corrected chi connectivity index (χ4v) is 9.20. The summed E-state index contributed by atoms with van der Waals surface area (Å²) in [5, 5.41) is 4.43. The highest BCUT2D eigenvalue weighted by atomic mass is 32.2. The molecule has 12 nitrogen and oxygen atoms in total. The minimum atomic E-state index is -3.82. The van der Waals surface area contributed by atoms with Crippen molar-refractivity contribution in [2.45, 2.75) is 24.8 Å². The number of piperazine rings is 1. The van der Waals surface area contributed by atoms with Crippen LogP contribution in [0.2, 0.25) is 0 Å². The number of amides is 3. The van der Waals surface area contributed by atoms with Gasteiger partial charge in [-0.1, -0.05) is 12.1 Å². The van der Waals surface area contributed by atoms with Crippen LogP contribution >= 0.6 is 22.7 Å². The zero-order chi connectivity index (χ0) is 31.7. The van der Waals surface area contributed by atoms with Gasteiger partial charge in [-0.2, -0.15) is 4.31 Å². The quantitative estimate of drug-likeness (QED) is 0.307. The van der Waals surface area contributed by atoms with Gasteiger partial charge in [-0.15, -0.1) is 22.7 Å². The third-order valence-electron chi connectivity index (χ3n) is 7.74. The number of methoxy groups -OCH3 is 1. The first kappa shape index (κ1) is 31.0. The number of fused-ring (bicyclic) bond motifs is 2. The van der Waals surface area contributed by atoms with E-state index in [1.165, 1.54) is 63.3 Å². The molecular formula is C30H31N5O7S3. The first-order valence-corrected chi connectivity index (χ1v) is 17.4. The lowest BCUT2D eigenvalue weighted by atomic mass is 10.0. The van der Waals surface area contributed by atoms with Crippen molar-refractivity contribution in [1.29, 1.82) is 0 Å². The molecule has 1 N–H and O–H groups in total. The molecule has 6 rings (SSSR count). The number of para-hydroxylation sites is 1. The third-order valence-corrected chi connectivity index (χ3v) is 11.8. The molecule has 15 heteroatoms. The summed E-state index contributed by atoms with van der Waals surface area (Å²) < 4.78 is 38.9. The van der Waals surface area contributed by atoms with Gasteiger partial charge in [-0.05, 0) is 55.3 Å². The van der Waals surface area contributed by atoms with Crippen LogP contribution in [0.25, 0.3) is 20.8 Å². The largest absolute Gasteiger partial charge is 0.453 e. The Kier molecular flexibility index (Phi) is 8.77. The number of sulfonamides is 1. The van der Waals surface area contributed by atoms with Crippen molar-refractivity contribution >= 4 is 66.0 Å². The third kappa shape index (κ3) is 6.12. The summed E-state index contributed by atoms with van der Waals surface area (Å²) in [6, 6.07) is 13.6. The minimum Gasteiger partial charge on any atom is -0.453 e.